The lowest BCUT2D eigenvalue weighted by atomic mass is 10.3. The van der Waals surface area contributed by atoms with Gasteiger partial charge in [-0.3, -0.25) is 0 Å². The summed E-state index contributed by atoms with van der Waals surface area (Å²) < 4.78 is 0. The van der Waals surface area contributed by atoms with E-state index in [9.17, 15) is 4.79 Å². The van der Waals surface area contributed by atoms with E-state index in [1.54, 1.807) is 11.4 Å². The van der Waals surface area contributed by atoms with Crippen molar-refractivity contribution < 1.29 is 9.90 Å². The highest BCUT2D eigenvalue weighted by atomic mass is 35.5. The standard InChI is InChI=1S/C6H7NO2S.ClH/c7-2-4-1-5(6(8)9)10-3-4;/h1,3H,2,7H2,(H,8,9);1H. The van der Waals surface area contributed by atoms with Crippen LogP contribution in [-0.2, 0) is 6.54 Å². The number of hydrogen-bond donors (Lipinski definition) is 2. The smallest absolute Gasteiger partial charge is 0.345 e. The van der Waals surface area contributed by atoms with Gasteiger partial charge in [0.2, 0.25) is 0 Å². The van der Waals surface area contributed by atoms with Crippen molar-refractivity contribution in [1.29, 1.82) is 0 Å². The molecule has 3 N–H and O–H groups in total. The topological polar surface area (TPSA) is 63.3 Å². The van der Waals surface area contributed by atoms with E-state index in [2.05, 4.69) is 0 Å². The fraction of sp³-hybridized carbons (Fsp3) is 0.167. The van der Waals surface area contributed by atoms with Gasteiger partial charge in [-0.1, -0.05) is 0 Å². The zero-order valence-electron chi connectivity index (χ0n) is 5.61. The molecule has 0 atom stereocenters. The third kappa shape index (κ3) is 2.49. The van der Waals surface area contributed by atoms with Crippen molar-refractivity contribution in [2.75, 3.05) is 0 Å². The van der Waals surface area contributed by atoms with Crippen LogP contribution in [0, 0.1) is 0 Å². The van der Waals surface area contributed by atoms with Gasteiger partial charge in [-0.25, -0.2) is 4.79 Å². The van der Waals surface area contributed by atoms with Crippen LogP contribution in [0.25, 0.3) is 0 Å². The largest absolute Gasteiger partial charge is 0.477 e. The van der Waals surface area contributed by atoms with Crippen LogP contribution in [0.15, 0.2) is 11.4 Å². The second-order valence-corrected chi connectivity index (χ2v) is 2.74. The van der Waals surface area contributed by atoms with Crippen LogP contribution >= 0.6 is 23.7 Å². The zero-order chi connectivity index (χ0) is 7.56. The highest BCUT2D eigenvalue weighted by Gasteiger charge is 2.04. The summed E-state index contributed by atoms with van der Waals surface area (Å²) in [7, 11) is 0. The van der Waals surface area contributed by atoms with Gasteiger partial charge in [0.05, 0.1) is 0 Å². The molecule has 62 valence electrons. The van der Waals surface area contributed by atoms with Crippen LogP contribution in [-0.4, -0.2) is 11.1 Å². The summed E-state index contributed by atoms with van der Waals surface area (Å²) in [4.78, 5) is 10.6. The highest BCUT2D eigenvalue weighted by Crippen LogP contribution is 2.13. The van der Waals surface area contributed by atoms with E-state index in [0.29, 0.717) is 11.4 Å². The van der Waals surface area contributed by atoms with E-state index in [1.807, 2.05) is 0 Å². The average molecular weight is 194 g/mol. The molecule has 0 radical (unpaired) electrons. The molecule has 0 saturated heterocycles. The Morgan fingerprint density at radius 1 is 1.73 bits per heavy atom. The molecule has 1 aromatic heterocycles. The van der Waals surface area contributed by atoms with E-state index in [1.165, 1.54) is 11.3 Å². The molecule has 0 spiro atoms. The van der Waals surface area contributed by atoms with E-state index >= 15 is 0 Å². The SMILES string of the molecule is Cl.NCc1csc(C(=O)O)c1. The van der Waals surface area contributed by atoms with Crippen LogP contribution in [0.1, 0.15) is 15.2 Å². The van der Waals surface area contributed by atoms with Gasteiger partial charge in [0.15, 0.2) is 0 Å². The summed E-state index contributed by atoms with van der Waals surface area (Å²) >= 11 is 1.20. The Hall–Kier alpha value is -0.580. The van der Waals surface area contributed by atoms with Crippen LogP contribution in [0.5, 0.6) is 0 Å². The summed E-state index contributed by atoms with van der Waals surface area (Å²) in [5.74, 6) is -0.885. The lowest BCUT2D eigenvalue weighted by Crippen LogP contribution is -1.94. The predicted molar refractivity (Wildman–Crippen MR) is 46.4 cm³/mol. The number of thiophene rings is 1. The number of nitrogens with two attached hydrogens (primary N) is 1. The maximum absolute atomic E-state index is 10.3. The fourth-order valence-electron chi connectivity index (χ4n) is 0.595. The summed E-state index contributed by atoms with van der Waals surface area (Å²) in [6.07, 6.45) is 0. The summed E-state index contributed by atoms with van der Waals surface area (Å²) in [6, 6.07) is 1.59. The van der Waals surface area contributed by atoms with Crippen LogP contribution in [0.4, 0.5) is 0 Å². The number of hydrogen-bond acceptors (Lipinski definition) is 3. The van der Waals surface area contributed by atoms with Gasteiger partial charge in [0.1, 0.15) is 4.88 Å². The van der Waals surface area contributed by atoms with Crippen molar-refractivity contribution in [3.8, 4) is 0 Å². The monoisotopic (exact) mass is 193 g/mol. The molecule has 0 amide bonds. The van der Waals surface area contributed by atoms with E-state index in [4.69, 9.17) is 10.8 Å². The second-order valence-electron chi connectivity index (χ2n) is 1.83. The molecule has 0 bridgehead atoms. The Morgan fingerprint density at radius 3 is 2.64 bits per heavy atom. The van der Waals surface area contributed by atoms with Crippen molar-refractivity contribution >= 4 is 29.7 Å². The highest BCUT2D eigenvalue weighted by molar-refractivity contribution is 7.12. The average Bonchev–Trinajstić information content (AvgIpc) is 2.34. The first-order valence-electron chi connectivity index (χ1n) is 2.75. The minimum Gasteiger partial charge on any atom is -0.477 e. The lowest BCUT2D eigenvalue weighted by Gasteiger charge is -1.83. The Labute approximate surface area is 74.3 Å². The maximum atomic E-state index is 10.3. The van der Waals surface area contributed by atoms with Gasteiger partial charge in [0.25, 0.3) is 0 Å². The van der Waals surface area contributed by atoms with Crippen molar-refractivity contribution in [3.63, 3.8) is 0 Å². The summed E-state index contributed by atoms with van der Waals surface area (Å²) in [6.45, 7) is 0.407. The van der Waals surface area contributed by atoms with Gasteiger partial charge in [0, 0.05) is 6.54 Å². The summed E-state index contributed by atoms with van der Waals surface area (Å²) in [5.41, 5.74) is 6.15. The van der Waals surface area contributed by atoms with Gasteiger partial charge in [-0.05, 0) is 17.0 Å². The van der Waals surface area contributed by atoms with Crippen molar-refractivity contribution in [1.82, 2.24) is 0 Å². The lowest BCUT2D eigenvalue weighted by molar-refractivity contribution is 0.0702. The Morgan fingerprint density at radius 2 is 2.36 bits per heavy atom. The van der Waals surface area contributed by atoms with Gasteiger partial charge in [-0.2, -0.15) is 0 Å². The number of carboxylic acid groups (broad SMARTS) is 1. The number of rotatable bonds is 2. The maximum Gasteiger partial charge on any atom is 0.345 e. The van der Waals surface area contributed by atoms with Gasteiger partial charge >= 0.3 is 5.97 Å². The Balaban J connectivity index is 0.000001000. The Bertz CT molecular complexity index is 248. The van der Waals surface area contributed by atoms with Crippen molar-refractivity contribution in [2.24, 2.45) is 5.73 Å². The number of carbonyl (C=O) groups is 1. The first-order valence-corrected chi connectivity index (χ1v) is 3.63. The molecule has 1 heterocycles. The van der Waals surface area contributed by atoms with Gasteiger partial charge < -0.3 is 10.8 Å². The molecule has 3 nitrogen and oxygen atoms in total. The number of carboxylic acids is 1. The number of aromatic carboxylic acids is 1. The molecule has 0 unspecified atom stereocenters. The molecule has 0 saturated carbocycles. The normalized spacial score (nSPS) is 8.82. The van der Waals surface area contributed by atoms with E-state index in [-0.39, 0.29) is 12.4 Å². The molecule has 0 aliphatic carbocycles. The number of halogens is 1. The predicted octanol–water partition coefficient (Wildman–Crippen LogP) is 1.33. The van der Waals surface area contributed by atoms with Crippen molar-refractivity contribution in [3.05, 3.63) is 21.9 Å². The van der Waals surface area contributed by atoms with E-state index < -0.39 is 5.97 Å². The van der Waals surface area contributed by atoms with E-state index in [0.717, 1.165) is 5.56 Å². The molecule has 0 aliphatic heterocycles. The van der Waals surface area contributed by atoms with Crippen molar-refractivity contribution in [2.45, 2.75) is 6.54 Å². The molecule has 5 heteroatoms. The molecule has 11 heavy (non-hydrogen) atoms. The third-order valence-electron chi connectivity index (χ3n) is 1.10. The molecule has 1 aromatic rings. The third-order valence-corrected chi connectivity index (χ3v) is 2.07. The van der Waals surface area contributed by atoms with Gasteiger partial charge in [-0.15, -0.1) is 23.7 Å². The first kappa shape index (κ1) is 10.4. The fourth-order valence-corrected chi connectivity index (χ4v) is 1.36. The summed E-state index contributed by atoms with van der Waals surface area (Å²) in [5, 5.41) is 10.2. The molecule has 1 rings (SSSR count). The quantitative estimate of drug-likeness (QED) is 0.745. The molecule has 0 fully saturated rings. The Kier molecular flexibility index (Phi) is 4.10. The molecule has 0 aromatic carbocycles. The first-order chi connectivity index (χ1) is 4.74. The zero-order valence-corrected chi connectivity index (χ0v) is 7.24. The second kappa shape index (κ2) is 4.33. The van der Waals surface area contributed by atoms with Crippen LogP contribution in [0.2, 0.25) is 0 Å². The van der Waals surface area contributed by atoms with Crippen LogP contribution < -0.4 is 5.73 Å². The molecular formula is C6H8ClNO2S. The molecular weight excluding hydrogens is 186 g/mol. The van der Waals surface area contributed by atoms with Crippen LogP contribution in [0.3, 0.4) is 0 Å². The molecule has 0 aliphatic rings. The minimum absolute atomic E-state index is 0. The minimum atomic E-state index is -0.885.